The van der Waals surface area contributed by atoms with Gasteiger partial charge in [0.05, 0.1) is 23.0 Å². The van der Waals surface area contributed by atoms with Gasteiger partial charge in [0.15, 0.2) is 0 Å². The first-order valence-corrected chi connectivity index (χ1v) is 10.9. The maximum absolute atomic E-state index is 13.0. The molecule has 0 radical (unpaired) electrons. The first kappa shape index (κ1) is 19.6. The Kier molecular flexibility index (Phi) is 5.16. The topological polar surface area (TPSA) is 96.3 Å². The highest BCUT2D eigenvalue weighted by Gasteiger charge is 2.39. The molecule has 1 N–H and O–H groups in total. The summed E-state index contributed by atoms with van der Waals surface area (Å²) in [5.74, 6) is 0. The van der Waals surface area contributed by atoms with E-state index in [0.717, 1.165) is 16.7 Å². The zero-order chi connectivity index (χ0) is 20.5. The molecule has 0 saturated carbocycles. The fraction of sp³-hybridized carbons (Fsp3) is 0.286. The van der Waals surface area contributed by atoms with Gasteiger partial charge in [-0.2, -0.15) is 14.5 Å². The van der Waals surface area contributed by atoms with Crippen molar-refractivity contribution < 1.29 is 13.5 Å². The number of aryl methyl sites for hydroxylation is 1. The molecule has 8 heteroatoms. The van der Waals surface area contributed by atoms with Crippen LogP contribution >= 0.6 is 0 Å². The highest BCUT2D eigenvalue weighted by atomic mass is 32.2. The lowest BCUT2D eigenvalue weighted by atomic mass is 9.88. The number of benzene rings is 1. The molecule has 2 aromatic heterocycles. The molecule has 1 aliphatic heterocycles. The van der Waals surface area contributed by atoms with Gasteiger partial charge >= 0.3 is 0 Å². The highest BCUT2D eigenvalue weighted by molar-refractivity contribution is 7.89. The summed E-state index contributed by atoms with van der Waals surface area (Å²) < 4.78 is 27.5. The molecule has 0 atom stereocenters. The van der Waals surface area contributed by atoms with Crippen LogP contribution in [0.1, 0.15) is 24.1 Å². The van der Waals surface area contributed by atoms with Gasteiger partial charge in [0.1, 0.15) is 5.60 Å². The Morgan fingerprint density at radius 3 is 2.24 bits per heavy atom. The Bertz CT molecular complexity index is 1080. The zero-order valence-corrected chi connectivity index (χ0v) is 16.9. The summed E-state index contributed by atoms with van der Waals surface area (Å²) in [6, 6.07) is 12.3. The maximum atomic E-state index is 13.0. The van der Waals surface area contributed by atoms with E-state index in [9.17, 15) is 13.5 Å². The SMILES string of the molecule is Cc1ccc(C2(O)CCN(S(=O)(=O)c3ccc(-c4ccnnc4)cc3)CC2)nc1. The molecular formula is C21H22N4O3S. The first-order valence-electron chi connectivity index (χ1n) is 9.41. The van der Waals surface area contributed by atoms with Crippen molar-refractivity contribution in [1.29, 1.82) is 0 Å². The van der Waals surface area contributed by atoms with Gasteiger partial charge in [-0.05, 0) is 55.2 Å². The summed E-state index contributed by atoms with van der Waals surface area (Å²) in [5.41, 5.74) is 2.26. The second-order valence-corrected chi connectivity index (χ2v) is 9.25. The molecule has 4 rings (SSSR count). The molecule has 0 bridgehead atoms. The number of nitrogens with zero attached hydrogens (tertiary/aromatic N) is 4. The molecule has 3 heterocycles. The van der Waals surface area contributed by atoms with Crippen LogP contribution in [-0.4, -0.2) is 46.1 Å². The highest BCUT2D eigenvalue weighted by Crippen LogP contribution is 2.34. The number of piperidine rings is 1. The van der Waals surface area contributed by atoms with Crippen LogP contribution in [0.5, 0.6) is 0 Å². The molecule has 1 saturated heterocycles. The molecule has 3 aromatic rings. The summed E-state index contributed by atoms with van der Waals surface area (Å²) >= 11 is 0. The third kappa shape index (κ3) is 3.91. The number of pyridine rings is 1. The molecular weight excluding hydrogens is 388 g/mol. The maximum Gasteiger partial charge on any atom is 0.243 e. The van der Waals surface area contributed by atoms with Gasteiger partial charge in [0, 0.05) is 24.8 Å². The van der Waals surface area contributed by atoms with Gasteiger partial charge in [-0.3, -0.25) is 4.98 Å². The lowest BCUT2D eigenvalue weighted by Gasteiger charge is -2.37. The van der Waals surface area contributed by atoms with Crippen LogP contribution in [0.2, 0.25) is 0 Å². The van der Waals surface area contributed by atoms with Crippen molar-refractivity contribution in [3.8, 4) is 11.1 Å². The average Bonchev–Trinajstić information content (AvgIpc) is 2.75. The van der Waals surface area contributed by atoms with Crippen LogP contribution in [0.4, 0.5) is 0 Å². The van der Waals surface area contributed by atoms with E-state index >= 15 is 0 Å². The minimum Gasteiger partial charge on any atom is -0.383 e. The molecule has 7 nitrogen and oxygen atoms in total. The van der Waals surface area contributed by atoms with E-state index in [4.69, 9.17) is 0 Å². The normalized spacial score (nSPS) is 17.2. The van der Waals surface area contributed by atoms with E-state index in [1.807, 2.05) is 25.1 Å². The summed E-state index contributed by atoms with van der Waals surface area (Å²) in [5, 5.41) is 18.5. The van der Waals surface area contributed by atoms with Gasteiger partial charge in [-0.25, -0.2) is 8.42 Å². The van der Waals surface area contributed by atoms with E-state index in [2.05, 4.69) is 15.2 Å². The van der Waals surface area contributed by atoms with E-state index in [-0.39, 0.29) is 18.0 Å². The number of rotatable bonds is 4. The molecule has 0 amide bonds. The number of aliphatic hydroxyl groups is 1. The van der Waals surface area contributed by atoms with Gasteiger partial charge in [0.25, 0.3) is 0 Å². The summed E-state index contributed by atoms with van der Waals surface area (Å²) in [6.07, 6.45) is 5.56. The molecule has 1 aromatic carbocycles. The fourth-order valence-electron chi connectivity index (χ4n) is 3.53. The lowest BCUT2D eigenvalue weighted by molar-refractivity contribution is -0.0134. The van der Waals surface area contributed by atoms with Crippen LogP contribution in [0.3, 0.4) is 0 Å². The molecule has 0 aliphatic carbocycles. The Hall–Kier alpha value is -2.68. The Morgan fingerprint density at radius 1 is 0.931 bits per heavy atom. The van der Waals surface area contributed by atoms with Gasteiger partial charge in [-0.15, -0.1) is 0 Å². The quantitative estimate of drug-likeness (QED) is 0.710. The van der Waals surface area contributed by atoms with Crippen molar-refractivity contribution in [2.75, 3.05) is 13.1 Å². The van der Waals surface area contributed by atoms with E-state index < -0.39 is 15.6 Å². The summed E-state index contributed by atoms with van der Waals surface area (Å²) in [7, 11) is -3.63. The smallest absolute Gasteiger partial charge is 0.243 e. The van der Waals surface area contributed by atoms with Crippen molar-refractivity contribution in [3.63, 3.8) is 0 Å². The molecule has 0 unspecified atom stereocenters. The van der Waals surface area contributed by atoms with Crippen LogP contribution in [0.25, 0.3) is 11.1 Å². The minimum atomic E-state index is -3.63. The number of hydrogen-bond acceptors (Lipinski definition) is 6. The lowest BCUT2D eigenvalue weighted by Crippen LogP contribution is -2.45. The van der Waals surface area contributed by atoms with E-state index in [1.54, 1.807) is 42.9 Å². The second kappa shape index (κ2) is 7.62. The van der Waals surface area contributed by atoms with Gasteiger partial charge in [0.2, 0.25) is 10.0 Å². The van der Waals surface area contributed by atoms with E-state index in [1.165, 1.54) is 4.31 Å². The number of hydrogen-bond donors (Lipinski definition) is 1. The molecule has 1 fully saturated rings. The van der Waals surface area contributed by atoms with Crippen LogP contribution < -0.4 is 0 Å². The molecule has 150 valence electrons. The van der Waals surface area contributed by atoms with Crippen molar-refractivity contribution in [1.82, 2.24) is 19.5 Å². The fourth-order valence-corrected chi connectivity index (χ4v) is 4.97. The third-order valence-corrected chi connectivity index (χ3v) is 7.26. The average molecular weight is 410 g/mol. The molecule has 29 heavy (non-hydrogen) atoms. The van der Waals surface area contributed by atoms with Crippen molar-refractivity contribution in [3.05, 3.63) is 72.3 Å². The predicted molar refractivity (Wildman–Crippen MR) is 108 cm³/mol. The summed E-state index contributed by atoms with van der Waals surface area (Å²) in [4.78, 5) is 4.57. The van der Waals surface area contributed by atoms with Crippen LogP contribution in [-0.2, 0) is 15.6 Å². The predicted octanol–water partition coefficient (Wildman–Crippen LogP) is 2.52. The summed E-state index contributed by atoms with van der Waals surface area (Å²) in [6.45, 7) is 2.42. The number of aromatic nitrogens is 3. The molecule has 0 spiro atoms. The number of sulfonamides is 1. The van der Waals surface area contributed by atoms with Crippen LogP contribution in [0, 0.1) is 6.92 Å². The van der Waals surface area contributed by atoms with Crippen molar-refractivity contribution in [2.45, 2.75) is 30.3 Å². The van der Waals surface area contributed by atoms with Gasteiger partial charge in [-0.1, -0.05) is 18.2 Å². The standard InChI is InChI=1S/C21H22N4O3S/c1-16-2-7-20(22-14-16)21(26)9-12-25(13-10-21)29(27,28)19-5-3-17(4-6-19)18-8-11-23-24-15-18/h2-8,11,14-15,26H,9-10,12-13H2,1H3. The van der Waals surface area contributed by atoms with Gasteiger partial charge < -0.3 is 5.11 Å². The van der Waals surface area contributed by atoms with E-state index in [0.29, 0.717) is 18.5 Å². The first-order chi connectivity index (χ1) is 13.9. The largest absolute Gasteiger partial charge is 0.383 e. The van der Waals surface area contributed by atoms with Crippen molar-refractivity contribution >= 4 is 10.0 Å². The zero-order valence-electron chi connectivity index (χ0n) is 16.1. The monoisotopic (exact) mass is 410 g/mol. The second-order valence-electron chi connectivity index (χ2n) is 7.31. The minimum absolute atomic E-state index is 0.238. The Labute approximate surface area is 170 Å². The van der Waals surface area contributed by atoms with Crippen molar-refractivity contribution in [2.24, 2.45) is 0 Å². The third-order valence-electron chi connectivity index (χ3n) is 5.35. The molecule has 1 aliphatic rings. The Morgan fingerprint density at radius 2 is 1.66 bits per heavy atom. The Balaban J connectivity index is 1.49. The van der Waals surface area contributed by atoms with Crippen LogP contribution in [0.15, 0.2) is 66.0 Å².